The zero-order valence-corrected chi connectivity index (χ0v) is 14.7. The van der Waals surface area contributed by atoms with Crippen LogP contribution in [0.4, 0.5) is 0 Å². The standard InChI is InChI=1S/C20H22NO3/c1-13-10-15-11-16(22-3)12-19(24-5)20(15)14(2)21(13)17-8-6-7-9-18(17)23-4/h6-12H,1-5H3/q+1. The molecular weight excluding hydrogens is 302 g/mol. The van der Waals surface area contributed by atoms with Crippen molar-refractivity contribution >= 4 is 10.8 Å². The van der Waals surface area contributed by atoms with Crippen LogP contribution in [0.5, 0.6) is 17.2 Å². The molecule has 0 fully saturated rings. The van der Waals surface area contributed by atoms with Crippen LogP contribution in [-0.4, -0.2) is 21.3 Å². The van der Waals surface area contributed by atoms with Gasteiger partial charge in [-0.05, 0) is 12.1 Å². The minimum Gasteiger partial charge on any atom is -0.497 e. The lowest BCUT2D eigenvalue weighted by Gasteiger charge is -2.13. The van der Waals surface area contributed by atoms with Gasteiger partial charge >= 0.3 is 0 Å². The third kappa shape index (κ3) is 2.54. The van der Waals surface area contributed by atoms with Crippen LogP contribution in [0.1, 0.15) is 11.4 Å². The van der Waals surface area contributed by atoms with E-state index in [1.54, 1.807) is 21.3 Å². The molecule has 0 aliphatic carbocycles. The second kappa shape index (κ2) is 6.40. The Morgan fingerprint density at radius 2 is 1.50 bits per heavy atom. The van der Waals surface area contributed by atoms with Gasteiger partial charge in [-0.3, -0.25) is 0 Å². The highest BCUT2D eigenvalue weighted by Gasteiger charge is 2.24. The first-order valence-electron chi connectivity index (χ1n) is 7.82. The molecule has 0 unspecified atom stereocenters. The Morgan fingerprint density at radius 1 is 0.792 bits per heavy atom. The van der Waals surface area contributed by atoms with Crippen molar-refractivity contribution in [3.05, 3.63) is 53.9 Å². The number of ether oxygens (including phenoxy) is 3. The van der Waals surface area contributed by atoms with Crippen molar-refractivity contribution in [1.29, 1.82) is 0 Å². The van der Waals surface area contributed by atoms with E-state index in [9.17, 15) is 0 Å². The summed E-state index contributed by atoms with van der Waals surface area (Å²) in [5.74, 6) is 2.42. The number of aryl methyl sites for hydroxylation is 2. The highest BCUT2D eigenvalue weighted by Crippen LogP contribution is 2.33. The van der Waals surface area contributed by atoms with E-state index in [-0.39, 0.29) is 0 Å². The van der Waals surface area contributed by atoms with Gasteiger partial charge in [-0.1, -0.05) is 12.1 Å². The molecule has 0 amide bonds. The summed E-state index contributed by atoms with van der Waals surface area (Å²) < 4.78 is 18.7. The predicted octanol–water partition coefficient (Wildman–Crippen LogP) is 3.76. The molecule has 0 saturated carbocycles. The number of aromatic nitrogens is 1. The quantitative estimate of drug-likeness (QED) is 0.685. The Morgan fingerprint density at radius 3 is 2.17 bits per heavy atom. The van der Waals surface area contributed by atoms with Gasteiger partial charge in [0.2, 0.25) is 0 Å². The van der Waals surface area contributed by atoms with E-state index in [2.05, 4.69) is 30.5 Å². The molecule has 2 aromatic carbocycles. The predicted molar refractivity (Wildman–Crippen MR) is 94.6 cm³/mol. The lowest BCUT2D eigenvalue weighted by molar-refractivity contribution is -0.608. The van der Waals surface area contributed by atoms with Gasteiger partial charge in [0.1, 0.15) is 11.5 Å². The second-order valence-corrected chi connectivity index (χ2v) is 5.67. The minimum absolute atomic E-state index is 0.785. The van der Waals surface area contributed by atoms with Crippen LogP contribution in [0.2, 0.25) is 0 Å². The molecule has 1 heterocycles. The summed E-state index contributed by atoms with van der Waals surface area (Å²) in [5.41, 5.74) is 3.21. The maximum atomic E-state index is 5.61. The van der Waals surface area contributed by atoms with Crippen LogP contribution in [0.3, 0.4) is 0 Å². The fourth-order valence-electron chi connectivity index (χ4n) is 3.24. The lowest BCUT2D eigenvalue weighted by atomic mass is 10.1. The van der Waals surface area contributed by atoms with Gasteiger partial charge in [0, 0.05) is 37.4 Å². The van der Waals surface area contributed by atoms with Crippen LogP contribution in [-0.2, 0) is 0 Å². The average molecular weight is 324 g/mol. The molecule has 0 aliphatic heterocycles. The smallest absolute Gasteiger partial charge is 0.253 e. The number of para-hydroxylation sites is 2. The van der Waals surface area contributed by atoms with Gasteiger partial charge in [0.05, 0.1) is 26.7 Å². The number of rotatable bonds is 4. The number of nitrogens with zero attached hydrogens (tertiary/aromatic N) is 1. The highest BCUT2D eigenvalue weighted by atomic mass is 16.5. The topological polar surface area (TPSA) is 31.6 Å². The van der Waals surface area contributed by atoms with Gasteiger partial charge < -0.3 is 14.2 Å². The molecule has 0 bridgehead atoms. The van der Waals surface area contributed by atoms with Crippen LogP contribution in [0.15, 0.2) is 42.5 Å². The summed E-state index contributed by atoms with van der Waals surface area (Å²) in [4.78, 5) is 0. The van der Waals surface area contributed by atoms with Crippen molar-refractivity contribution in [2.45, 2.75) is 13.8 Å². The third-order valence-electron chi connectivity index (χ3n) is 4.30. The molecular formula is C20H22NO3+. The molecule has 0 saturated heterocycles. The molecule has 4 heteroatoms. The molecule has 0 radical (unpaired) electrons. The van der Waals surface area contributed by atoms with E-state index < -0.39 is 0 Å². The summed E-state index contributed by atoms with van der Waals surface area (Å²) in [6.45, 7) is 4.18. The first-order valence-corrected chi connectivity index (χ1v) is 7.82. The number of pyridine rings is 1. The molecule has 3 rings (SSSR count). The second-order valence-electron chi connectivity index (χ2n) is 5.67. The zero-order chi connectivity index (χ0) is 17.3. The fraction of sp³-hybridized carbons (Fsp3) is 0.250. The summed E-state index contributed by atoms with van der Waals surface area (Å²) in [6, 6.07) is 14.1. The molecule has 1 aromatic heterocycles. The highest BCUT2D eigenvalue weighted by molar-refractivity contribution is 5.91. The molecule has 4 nitrogen and oxygen atoms in total. The van der Waals surface area contributed by atoms with Crippen molar-refractivity contribution in [2.75, 3.05) is 21.3 Å². The number of hydrogen-bond acceptors (Lipinski definition) is 3. The Balaban J connectivity index is 2.39. The maximum Gasteiger partial charge on any atom is 0.253 e. The van der Waals surface area contributed by atoms with Gasteiger partial charge in [-0.25, -0.2) is 0 Å². The van der Waals surface area contributed by atoms with Crippen molar-refractivity contribution in [3.8, 4) is 22.9 Å². The fourth-order valence-corrected chi connectivity index (χ4v) is 3.24. The largest absolute Gasteiger partial charge is 0.497 e. The van der Waals surface area contributed by atoms with E-state index in [0.29, 0.717) is 0 Å². The van der Waals surface area contributed by atoms with Gasteiger partial charge in [-0.2, -0.15) is 4.57 Å². The van der Waals surface area contributed by atoms with Gasteiger partial charge in [-0.15, -0.1) is 0 Å². The first kappa shape index (κ1) is 16.1. The molecule has 0 aliphatic rings. The van der Waals surface area contributed by atoms with Crippen molar-refractivity contribution in [2.24, 2.45) is 0 Å². The Labute approximate surface area is 142 Å². The normalized spacial score (nSPS) is 10.7. The SMILES string of the molecule is COc1cc(OC)c2c(C)[n+](-c3ccccc3OC)c(C)cc2c1. The summed E-state index contributed by atoms with van der Waals surface area (Å²) in [6.07, 6.45) is 0. The molecule has 24 heavy (non-hydrogen) atoms. The number of benzene rings is 2. The summed E-state index contributed by atoms with van der Waals surface area (Å²) >= 11 is 0. The van der Waals surface area contributed by atoms with Gasteiger partial charge in [0.25, 0.3) is 5.69 Å². The van der Waals surface area contributed by atoms with E-state index in [0.717, 1.165) is 45.1 Å². The van der Waals surface area contributed by atoms with Crippen LogP contribution < -0.4 is 18.8 Å². The summed E-state index contributed by atoms with van der Waals surface area (Å²) in [7, 11) is 5.04. The average Bonchev–Trinajstić information content (AvgIpc) is 2.60. The maximum absolute atomic E-state index is 5.61. The van der Waals surface area contributed by atoms with E-state index in [4.69, 9.17) is 14.2 Å². The molecule has 3 aromatic rings. The minimum atomic E-state index is 0.785. The van der Waals surface area contributed by atoms with Crippen LogP contribution in [0, 0.1) is 13.8 Å². The number of methoxy groups -OCH3 is 3. The Bertz CT molecular complexity index is 903. The van der Waals surface area contributed by atoms with E-state index in [1.807, 2.05) is 30.3 Å². The van der Waals surface area contributed by atoms with E-state index >= 15 is 0 Å². The monoisotopic (exact) mass is 324 g/mol. The van der Waals surface area contributed by atoms with Gasteiger partial charge in [0.15, 0.2) is 17.1 Å². The molecule has 0 spiro atoms. The van der Waals surface area contributed by atoms with Crippen molar-refractivity contribution < 1.29 is 18.8 Å². The first-order chi connectivity index (χ1) is 11.6. The molecule has 0 atom stereocenters. The van der Waals surface area contributed by atoms with E-state index in [1.165, 1.54) is 0 Å². The van der Waals surface area contributed by atoms with Crippen molar-refractivity contribution in [1.82, 2.24) is 0 Å². The zero-order valence-electron chi connectivity index (χ0n) is 14.7. The lowest BCUT2D eigenvalue weighted by Crippen LogP contribution is -2.38. The Hall–Kier alpha value is -2.75. The Kier molecular flexibility index (Phi) is 4.30. The molecule has 124 valence electrons. The van der Waals surface area contributed by atoms with Crippen molar-refractivity contribution in [3.63, 3.8) is 0 Å². The molecule has 0 N–H and O–H groups in total. The number of fused-ring (bicyclic) bond motifs is 1. The number of hydrogen-bond donors (Lipinski definition) is 0. The third-order valence-corrected chi connectivity index (χ3v) is 4.30. The van der Waals surface area contributed by atoms with Crippen LogP contribution >= 0.6 is 0 Å². The summed E-state index contributed by atoms with van der Waals surface area (Å²) in [5, 5.41) is 2.15. The van der Waals surface area contributed by atoms with Crippen LogP contribution in [0.25, 0.3) is 16.5 Å².